The maximum absolute atomic E-state index is 5.96. The first-order valence-electron chi connectivity index (χ1n) is 10.6. The summed E-state index contributed by atoms with van der Waals surface area (Å²) in [5, 5.41) is 7.80. The van der Waals surface area contributed by atoms with Crippen LogP contribution in [0.5, 0.6) is 0 Å². The number of hydrogen-bond acceptors (Lipinski definition) is 5. The molecule has 0 aliphatic carbocycles. The van der Waals surface area contributed by atoms with Gasteiger partial charge in [0, 0.05) is 58.6 Å². The molecule has 3 heterocycles. The number of aryl methyl sites for hydroxylation is 1. The molecule has 1 N–H and O–H groups in total. The predicted molar refractivity (Wildman–Crippen MR) is 116 cm³/mol. The second-order valence-corrected chi connectivity index (χ2v) is 7.86. The molecule has 0 spiro atoms. The Kier molecular flexibility index (Phi) is 6.99. The smallest absolute Gasteiger partial charge is 0.194 e. The summed E-state index contributed by atoms with van der Waals surface area (Å²) in [5.74, 6) is 0.908. The molecule has 162 valence electrons. The van der Waals surface area contributed by atoms with Gasteiger partial charge < -0.3 is 19.7 Å². The predicted octanol–water partition coefficient (Wildman–Crippen LogP) is 1.40. The first-order valence-corrected chi connectivity index (χ1v) is 10.6. The molecule has 2 aromatic rings. The van der Waals surface area contributed by atoms with Gasteiger partial charge in [0.25, 0.3) is 0 Å². The number of nitrogens with one attached hydrogen (secondary N) is 1. The number of rotatable bonds is 5. The van der Waals surface area contributed by atoms with Crippen molar-refractivity contribution >= 4 is 5.96 Å². The molecule has 8 heteroatoms. The number of ether oxygens (including phenoxy) is 2. The maximum Gasteiger partial charge on any atom is 0.194 e. The Morgan fingerprint density at radius 2 is 2.03 bits per heavy atom. The molecule has 0 saturated carbocycles. The van der Waals surface area contributed by atoms with Gasteiger partial charge in [0.05, 0.1) is 32.6 Å². The minimum absolute atomic E-state index is 0.0165. The number of benzene rings is 1. The Morgan fingerprint density at radius 1 is 1.20 bits per heavy atom. The zero-order valence-electron chi connectivity index (χ0n) is 18.0. The van der Waals surface area contributed by atoms with Gasteiger partial charge in [-0.25, -0.2) is 0 Å². The van der Waals surface area contributed by atoms with Crippen LogP contribution in [0.4, 0.5) is 0 Å². The Balaban J connectivity index is 1.33. The molecule has 2 saturated heterocycles. The van der Waals surface area contributed by atoms with Gasteiger partial charge in [-0.1, -0.05) is 24.3 Å². The van der Waals surface area contributed by atoms with Crippen molar-refractivity contribution in [3.8, 4) is 0 Å². The lowest BCUT2D eigenvalue weighted by Crippen LogP contribution is -2.47. The van der Waals surface area contributed by atoms with E-state index < -0.39 is 0 Å². The van der Waals surface area contributed by atoms with Crippen molar-refractivity contribution in [2.45, 2.75) is 19.2 Å². The molecular formula is C22H32N6O2. The van der Waals surface area contributed by atoms with Gasteiger partial charge in [-0.05, 0) is 11.1 Å². The molecule has 2 aliphatic heterocycles. The number of nitrogens with zero attached hydrogens (tertiary/aromatic N) is 5. The van der Waals surface area contributed by atoms with Crippen molar-refractivity contribution in [2.75, 3.05) is 53.0 Å². The van der Waals surface area contributed by atoms with E-state index in [1.165, 1.54) is 11.1 Å². The highest BCUT2D eigenvalue weighted by Gasteiger charge is 2.25. The van der Waals surface area contributed by atoms with Crippen LogP contribution in [-0.2, 0) is 29.6 Å². The Hall–Kier alpha value is -2.42. The fourth-order valence-electron chi connectivity index (χ4n) is 4.02. The molecular weight excluding hydrogens is 380 g/mol. The lowest BCUT2D eigenvalue weighted by Gasteiger charge is -2.34. The van der Waals surface area contributed by atoms with Crippen LogP contribution in [0, 0.1) is 0 Å². The second-order valence-electron chi connectivity index (χ2n) is 7.86. The number of morpholine rings is 2. The zero-order chi connectivity index (χ0) is 20.8. The molecule has 1 atom stereocenters. The van der Waals surface area contributed by atoms with Crippen molar-refractivity contribution in [3.05, 3.63) is 53.3 Å². The van der Waals surface area contributed by atoms with Crippen LogP contribution in [-0.4, -0.2) is 78.6 Å². The molecule has 0 amide bonds. The summed E-state index contributed by atoms with van der Waals surface area (Å²) in [4.78, 5) is 9.22. The SMILES string of the molecule is CN=C(NCc1cccc(CN2CCOCC2)c1)N1CCOC(c2cnn(C)c2)C1. The summed E-state index contributed by atoms with van der Waals surface area (Å²) in [7, 11) is 3.77. The van der Waals surface area contributed by atoms with Gasteiger partial charge in [0.1, 0.15) is 6.10 Å². The fourth-order valence-corrected chi connectivity index (χ4v) is 4.02. The van der Waals surface area contributed by atoms with Crippen molar-refractivity contribution in [3.63, 3.8) is 0 Å². The summed E-state index contributed by atoms with van der Waals surface area (Å²) in [6.45, 7) is 7.66. The van der Waals surface area contributed by atoms with E-state index in [1.807, 2.05) is 31.2 Å². The maximum atomic E-state index is 5.96. The molecule has 0 radical (unpaired) electrons. The Morgan fingerprint density at radius 3 is 2.80 bits per heavy atom. The third-order valence-electron chi connectivity index (χ3n) is 5.63. The van der Waals surface area contributed by atoms with Crippen LogP contribution in [0.1, 0.15) is 22.8 Å². The van der Waals surface area contributed by atoms with Crippen LogP contribution in [0.2, 0.25) is 0 Å². The highest BCUT2D eigenvalue weighted by Crippen LogP contribution is 2.21. The normalized spacial score (nSPS) is 21.1. The van der Waals surface area contributed by atoms with Gasteiger partial charge in [-0.3, -0.25) is 14.6 Å². The molecule has 0 bridgehead atoms. The molecule has 1 aromatic heterocycles. The van der Waals surface area contributed by atoms with Gasteiger partial charge in [-0.2, -0.15) is 5.10 Å². The molecule has 2 aliphatic rings. The van der Waals surface area contributed by atoms with Gasteiger partial charge >= 0.3 is 0 Å². The zero-order valence-corrected chi connectivity index (χ0v) is 18.0. The fraction of sp³-hybridized carbons (Fsp3) is 0.545. The average Bonchev–Trinajstić information content (AvgIpc) is 3.22. The van der Waals surface area contributed by atoms with Crippen molar-refractivity contribution in [1.82, 2.24) is 24.9 Å². The third-order valence-corrected chi connectivity index (χ3v) is 5.63. The van der Waals surface area contributed by atoms with E-state index in [-0.39, 0.29) is 6.10 Å². The van der Waals surface area contributed by atoms with Crippen LogP contribution in [0.15, 0.2) is 41.7 Å². The van der Waals surface area contributed by atoms with E-state index in [1.54, 1.807) is 0 Å². The lowest BCUT2D eigenvalue weighted by molar-refractivity contribution is -0.00805. The Labute approximate surface area is 178 Å². The molecule has 1 aromatic carbocycles. The number of aliphatic imine (C=N–C) groups is 1. The van der Waals surface area contributed by atoms with E-state index in [9.17, 15) is 0 Å². The third kappa shape index (κ3) is 5.38. The lowest BCUT2D eigenvalue weighted by atomic mass is 10.1. The monoisotopic (exact) mass is 412 g/mol. The number of guanidine groups is 1. The largest absolute Gasteiger partial charge is 0.379 e. The van der Waals surface area contributed by atoms with Crippen LogP contribution in [0.25, 0.3) is 0 Å². The second kappa shape index (κ2) is 10.1. The van der Waals surface area contributed by atoms with Crippen LogP contribution < -0.4 is 5.32 Å². The van der Waals surface area contributed by atoms with Gasteiger partial charge in [0.2, 0.25) is 0 Å². The molecule has 30 heavy (non-hydrogen) atoms. The van der Waals surface area contributed by atoms with Crippen molar-refractivity contribution < 1.29 is 9.47 Å². The first-order chi connectivity index (χ1) is 14.7. The van der Waals surface area contributed by atoms with Crippen molar-refractivity contribution in [2.24, 2.45) is 12.0 Å². The summed E-state index contributed by atoms with van der Waals surface area (Å²) in [5.41, 5.74) is 3.71. The summed E-state index contributed by atoms with van der Waals surface area (Å²) >= 11 is 0. The first kappa shape index (κ1) is 20.8. The van der Waals surface area contributed by atoms with Crippen molar-refractivity contribution in [1.29, 1.82) is 0 Å². The van der Waals surface area contributed by atoms with E-state index in [2.05, 4.69) is 49.5 Å². The van der Waals surface area contributed by atoms with E-state index >= 15 is 0 Å². The summed E-state index contributed by atoms with van der Waals surface area (Å²) in [6, 6.07) is 8.80. The van der Waals surface area contributed by atoms with Crippen LogP contribution in [0.3, 0.4) is 0 Å². The molecule has 4 rings (SSSR count). The molecule has 8 nitrogen and oxygen atoms in total. The van der Waals surface area contributed by atoms with Crippen LogP contribution >= 0.6 is 0 Å². The van der Waals surface area contributed by atoms with E-state index in [4.69, 9.17) is 9.47 Å². The summed E-state index contributed by atoms with van der Waals surface area (Å²) in [6.07, 6.45) is 3.91. The molecule has 1 unspecified atom stereocenters. The quantitative estimate of drug-likeness (QED) is 0.592. The highest BCUT2D eigenvalue weighted by atomic mass is 16.5. The average molecular weight is 413 g/mol. The van der Waals surface area contributed by atoms with E-state index in [0.29, 0.717) is 6.61 Å². The minimum atomic E-state index is 0.0165. The van der Waals surface area contributed by atoms with E-state index in [0.717, 1.165) is 64.0 Å². The standard InChI is InChI=1S/C22H32N6O2/c1-23-22(28-8-11-30-21(17-28)20-14-25-26(2)16-20)24-13-18-4-3-5-19(12-18)15-27-6-9-29-10-7-27/h3-5,12,14,16,21H,6-11,13,15,17H2,1-2H3,(H,23,24). The minimum Gasteiger partial charge on any atom is -0.379 e. The van der Waals surface area contributed by atoms with Gasteiger partial charge in [0.15, 0.2) is 5.96 Å². The van der Waals surface area contributed by atoms with Gasteiger partial charge in [-0.15, -0.1) is 0 Å². The number of hydrogen-bond donors (Lipinski definition) is 1. The number of aromatic nitrogens is 2. The summed E-state index contributed by atoms with van der Waals surface area (Å²) < 4.78 is 13.2. The molecule has 2 fully saturated rings. The Bertz CT molecular complexity index is 846. The highest BCUT2D eigenvalue weighted by molar-refractivity contribution is 5.80. The topological polar surface area (TPSA) is 67.2 Å².